The molecular weight excluding hydrogens is 218 g/mol. The van der Waals surface area contributed by atoms with Crippen LogP contribution in [-0.4, -0.2) is 40.0 Å². The molecule has 1 amide bonds. The smallest absolute Gasteiger partial charge is 0.248 e. The Morgan fingerprint density at radius 3 is 3.06 bits per heavy atom. The molecule has 0 spiro atoms. The van der Waals surface area contributed by atoms with Crippen molar-refractivity contribution in [2.45, 2.75) is 39.8 Å². The van der Waals surface area contributed by atoms with Gasteiger partial charge in [0.25, 0.3) is 0 Å². The highest BCUT2D eigenvalue weighted by molar-refractivity contribution is 5.77. The Morgan fingerprint density at radius 1 is 1.59 bits per heavy atom. The number of fused-ring (bicyclic) bond motifs is 1. The highest BCUT2D eigenvalue weighted by atomic mass is 16.5. The second-order valence-corrected chi connectivity index (χ2v) is 4.67. The Balaban J connectivity index is 1.95. The second kappa shape index (κ2) is 4.87. The summed E-state index contributed by atoms with van der Waals surface area (Å²) < 4.78 is 5.33. The minimum atomic E-state index is 0.0524. The molecule has 1 aliphatic rings. The lowest BCUT2D eigenvalue weighted by Crippen LogP contribution is -2.38. The lowest BCUT2D eigenvalue weighted by molar-refractivity contribution is -0.138. The standard InChI is InChI=1S/C12H19N3O2/c1-8(2)17-7-12(16)15-5-4-10-11(6-15)14-9(3)13-10/h8H,4-7H2,1-3H3,(H,13,14). The van der Waals surface area contributed by atoms with E-state index >= 15 is 0 Å². The summed E-state index contributed by atoms with van der Waals surface area (Å²) in [6.07, 6.45) is 0.918. The van der Waals surface area contributed by atoms with E-state index in [2.05, 4.69) is 9.97 Å². The van der Waals surface area contributed by atoms with E-state index in [9.17, 15) is 4.79 Å². The predicted octanol–water partition coefficient (Wildman–Crippen LogP) is 1.03. The maximum absolute atomic E-state index is 11.9. The lowest BCUT2D eigenvalue weighted by Gasteiger charge is -2.26. The van der Waals surface area contributed by atoms with Crippen molar-refractivity contribution in [1.29, 1.82) is 0 Å². The first-order valence-corrected chi connectivity index (χ1v) is 6.00. The monoisotopic (exact) mass is 237 g/mol. The van der Waals surface area contributed by atoms with Gasteiger partial charge in [-0.25, -0.2) is 4.98 Å². The van der Waals surface area contributed by atoms with E-state index in [0.717, 1.165) is 30.2 Å². The zero-order valence-corrected chi connectivity index (χ0v) is 10.6. The number of hydrogen-bond acceptors (Lipinski definition) is 3. The molecule has 0 aliphatic carbocycles. The summed E-state index contributed by atoms with van der Waals surface area (Å²) in [6, 6.07) is 0. The lowest BCUT2D eigenvalue weighted by atomic mass is 10.1. The Hall–Kier alpha value is -1.36. The molecule has 0 saturated carbocycles. The van der Waals surface area contributed by atoms with E-state index in [4.69, 9.17) is 4.74 Å². The molecule has 17 heavy (non-hydrogen) atoms. The van der Waals surface area contributed by atoms with E-state index < -0.39 is 0 Å². The van der Waals surface area contributed by atoms with Crippen LogP contribution < -0.4 is 0 Å². The number of nitrogens with one attached hydrogen (secondary N) is 1. The number of aromatic nitrogens is 2. The topological polar surface area (TPSA) is 58.2 Å². The highest BCUT2D eigenvalue weighted by Crippen LogP contribution is 2.16. The average molecular weight is 237 g/mol. The first-order valence-electron chi connectivity index (χ1n) is 6.00. The first kappa shape index (κ1) is 12.1. The molecule has 0 saturated heterocycles. The number of rotatable bonds is 3. The van der Waals surface area contributed by atoms with E-state index in [1.54, 1.807) is 0 Å². The molecule has 0 aromatic carbocycles. The van der Waals surface area contributed by atoms with Gasteiger partial charge in [-0.2, -0.15) is 0 Å². The molecule has 1 N–H and O–H groups in total. The van der Waals surface area contributed by atoms with Crippen LogP contribution in [0, 0.1) is 6.92 Å². The molecule has 1 aromatic heterocycles. The minimum Gasteiger partial charge on any atom is -0.369 e. The molecule has 1 aliphatic heterocycles. The van der Waals surface area contributed by atoms with Crippen molar-refractivity contribution in [2.75, 3.05) is 13.2 Å². The molecular formula is C12H19N3O2. The number of aryl methyl sites for hydroxylation is 1. The summed E-state index contributed by atoms with van der Waals surface area (Å²) in [5, 5.41) is 0. The molecule has 1 aromatic rings. The van der Waals surface area contributed by atoms with E-state index in [-0.39, 0.29) is 18.6 Å². The van der Waals surface area contributed by atoms with Gasteiger partial charge in [0.2, 0.25) is 5.91 Å². The second-order valence-electron chi connectivity index (χ2n) is 4.67. The van der Waals surface area contributed by atoms with Crippen molar-refractivity contribution in [3.05, 3.63) is 17.2 Å². The Bertz CT molecular complexity index is 412. The SMILES string of the molecule is Cc1nc2c([nH]1)CN(C(=O)COC(C)C)CC2. The van der Waals surface area contributed by atoms with Crippen LogP contribution in [0.4, 0.5) is 0 Å². The summed E-state index contributed by atoms with van der Waals surface area (Å²) in [7, 11) is 0. The van der Waals surface area contributed by atoms with Crippen LogP contribution >= 0.6 is 0 Å². The van der Waals surface area contributed by atoms with Crippen LogP contribution in [0.3, 0.4) is 0 Å². The van der Waals surface area contributed by atoms with Gasteiger partial charge in [-0.1, -0.05) is 0 Å². The third kappa shape index (κ3) is 2.85. The number of carbonyl (C=O) groups excluding carboxylic acids is 1. The zero-order valence-electron chi connectivity index (χ0n) is 10.6. The molecule has 0 unspecified atom stereocenters. The first-order chi connectivity index (χ1) is 8.06. The molecule has 2 rings (SSSR count). The Kier molecular flexibility index (Phi) is 3.47. The number of carbonyl (C=O) groups is 1. The van der Waals surface area contributed by atoms with Gasteiger partial charge in [-0.3, -0.25) is 4.79 Å². The van der Waals surface area contributed by atoms with Crippen LogP contribution in [-0.2, 0) is 22.5 Å². The van der Waals surface area contributed by atoms with Crippen LogP contribution in [0.1, 0.15) is 31.1 Å². The molecule has 0 radical (unpaired) electrons. The van der Waals surface area contributed by atoms with Gasteiger partial charge in [-0.05, 0) is 20.8 Å². The van der Waals surface area contributed by atoms with Crippen LogP contribution in [0.2, 0.25) is 0 Å². The fraction of sp³-hybridized carbons (Fsp3) is 0.667. The summed E-state index contributed by atoms with van der Waals surface area (Å²) in [5.74, 6) is 0.972. The minimum absolute atomic E-state index is 0.0524. The zero-order chi connectivity index (χ0) is 12.4. The summed E-state index contributed by atoms with van der Waals surface area (Å²) >= 11 is 0. The fourth-order valence-electron chi connectivity index (χ4n) is 1.98. The maximum Gasteiger partial charge on any atom is 0.248 e. The Labute approximate surface area is 101 Å². The van der Waals surface area contributed by atoms with Crippen LogP contribution in [0.5, 0.6) is 0 Å². The number of aromatic amines is 1. The number of imidazole rings is 1. The molecule has 0 bridgehead atoms. The molecule has 0 fully saturated rings. The predicted molar refractivity (Wildman–Crippen MR) is 63.5 cm³/mol. The Morgan fingerprint density at radius 2 is 2.35 bits per heavy atom. The molecule has 2 heterocycles. The van der Waals surface area contributed by atoms with Gasteiger partial charge in [0, 0.05) is 13.0 Å². The van der Waals surface area contributed by atoms with Crippen molar-refractivity contribution in [3.8, 4) is 0 Å². The van der Waals surface area contributed by atoms with E-state index in [1.807, 2.05) is 25.7 Å². The van der Waals surface area contributed by atoms with Crippen LogP contribution in [0.15, 0.2) is 0 Å². The maximum atomic E-state index is 11.9. The number of amides is 1. The van der Waals surface area contributed by atoms with Gasteiger partial charge >= 0.3 is 0 Å². The van der Waals surface area contributed by atoms with Gasteiger partial charge in [0.15, 0.2) is 0 Å². The quantitative estimate of drug-likeness (QED) is 0.854. The average Bonchev–Trinajstić information content (AvgIpc) is 2.64. The van der Waals surface area contributed by atoms with Crippen molar-refractivity contribution >= 4 is 5.91 Å². The van der Waals surface area contributed by atoms with Crippen molar-refractivity contribution in [1.82, 2.24) is 14.9 Å². The van der Waals surface area contributed by atoms with Crippen LogP contribution in [0.25, 0.3) is 0 Å². The summed E-state index contributed by atoms with van der Waals surface area (Å²) in [4.78, 5) is 21.3. The number of H-pyrrole nitrogens is 1. The number of hydrogen-bond donors (Lipinski definition) is 1. The van der Waals surface area contributed by atoms with Crippen molar-refractivity contribution in [2.24, 2.45) is 0 Å². The molecule has 94 valence electrons. The fourth-order valence-corrected chi connectivity index (χ4v) is 1.98. The summed E-state index contributed by atoms with van der Waals surface area (Å²) in [6.45, 7) is 7.32. The van der Waals surface area contributed by atoms with E-state index in [1.165, 1.54) is 0 Å². The molecule has 5 nitrogen and oxygen atoms in total. The van der Waals surface area contributed by atoms with Crippen molar-refractivity contribution < 1.29 is 9.53 Å². The third-order valence-electron chi connectivity index (χ3n) is 2.84. The third-order valence-corrected chi connectivity index (χ3v) is 2.84. The van der Waals surface area contributed by atoms with Gasteiger partial charge in [0.05, 0.1) is 24.0 Å². The normalized spacial score (nSPS) is 15.2. The summed E-state index contributed by atoms with van der Waals surface area (Å²) in [5.41, 5.74) is 2.16. The number of ether oxygens (including phenoxy) is 1. The van der Waals surface area contributed by atoms with E-state index in [0.29, 0.717) is 6.54 Å². The highest BCUT2D eigenvalue weighted by Gasteiger charge is 2.23. The number of nitrogens with zero attached hydrogens (tertiary/aromatic N) is 2. The molecule has 5 heteroatoms. The van der Waals surface area contributed by atoms with Gasteiger partial charge < -0.3 is 14.6 Å². The molecule has 0 atom stereocenters. The largest absolute Gasteiger partial charge is 0.369 e. The van der Waals surface area contributed by atoms with Gasteiger partial charge in [0.1, 0.15) is 12.4 Å². The van der Waals surface area contributed by atoms with Crippen molar-refractivity contribution in [3.63, 3.8) is 0 Å². The van der Waals surface area contributed by atoms with Gasteiger partial charge in [-0.15, -0.1) is 0 Å².